The molecule has 0 atom stereocenters. The average Bonchev–Trinajstić information content (AvgIpc) is 3.20. The summed E-state index contributed by atoms with van der Waals surface area (Å²) in [5.41, 5.74) is 1.45. The smallest absolute Gasteiger partial charge is 0.254 e. The molecule has 2 aliphatic rings. The monoisotopic (exact) mass is 355 g/mol. The van der Waals surface area contributed by atoms with E-state index >= 15 is 0 Å². The van der Waals surface area contributed by atoms with E-state index in [0.717, 1.165) is 51.1 Å². The number of nitrogens with zero attached hydrogens (tertiary/aromatic N) is 6. The Kier molecular flexibility index (Phi) is 4.46. The summed E-state index contributed by atoms with van der Waals surface area (Å²) >= 11 is 0. The summed E-state index contributed by atoms with van der Waals surface area (Å²) in [6, 6.07) is 7.51. The van der Waals surface area contributed by atoms with Gasteiger partial charge in [-0.1, -0.05) is 18.2 Å². The lowest BCUT2D eigenvalue weighted by atomic mass is 9.83. The molecule has 4 rings (SSSR count). The van der Waals surface area contributed by atoms with Crippen LogP contribution in [0.2, 0.25) is 0 Å². The highest BCUT2D eigenvalue weighted by Gasteiger charge is 2.43. The molecule has 2 aromatic rings. The molecule has 1 amide bonds. The van der Waals surface area contributed by atoms with Crippen molar-refractivity contribution >= 4 is 5.91 Å². The number of aromatic nitrogens is 4. The molecule has 8 nitrogen and oxygen atoms in total. The maximum Gasteiger partial charge on any atom is 0.254 e. The van der Waals surface area contributed by atoms with Crippen LogP contribution >= 0.6 is 0 Å². The fourth-order valence-corrected chi connectivity index (χ4v) is 4.12. The molecule has 3 heterocycles. The first kappa shape index (κ1) is 17.1. The van der Waals surface area contributed by atoms with Gasteiger partial charge in [0.1, 0.15) is 0 Å². The highest BCUT2D eigenvalue weighted by Crippen LogP contribution is 2.32. The molecule has 1 N–H and O–H groups in total. The van der Waals surface area contributed by atoms with Crippen LogP contribution in [-0.4, -0.2) is 93.6 Å². The van der Waals surface area contributed by atoms with E-state index in [1.165, 1.54) is 0 Å². The van der Waals surface area contributed by atoms with Gasteiger partial charge < -0.3 is 9.80 Å². The summed E-state index contributed by atoms with van der Waals surface area (Å²) in [6.07, 6.45) is 2.19. The molecular formula is C18H25N7O. The number of H-pyrrole nitrogens is 1. The van der Waals surface area contributed by atoms with E-state index in [-0.39, 0.29) is 11.4 Å². The lowest BCUT2D eigenvalue weighted by Gasteiger charge is -2.52. The van der Waals surface area contributed by atoms with Crippen molar-refractivity contribution in [2.75, 3.05) is 46.8 Å². The molecule has 0 bridgehead atoms. The Morgan fingerprint density at radius 2 is 1.88 bits per heavy atom. The number of piperidine rings is 1. The van der Waals surface area contributed by atoms with Gasteiger partial charge in [-0.25, -0.2) is 0 Å². The number of aromatic amines is 1. The zero-order valence-electron chi connectivity index (χ0n) is 15.4. The van der Waals surface area contributed by atoms with Crippen LogP contribution in [-0.2, 0) is 0 Å². The minimum Gasteiger partial charge on any atom is -0.335 e. The SMILES string of the molecule is CN1CCC2(CC1)CN(C(=O)c1ccccc1-c1nn[nH]n1)CCN2C. The number of nitrogens with one attached hydrogen (secondary N) is 1. The fraction of sp³-hybridized carbons (Fsp3) is 0.556. The molecule has 1 aromatic heterocycles. The first-order valence-electron chi connectivity index (χ1n) is 9.11. The number of piperazine rings is 1. The van der Waals surface area contributed by atoms with Gasteiger partial charge in [-0.3, -0.25) is 9.69 Å². The Balaban J connectivity index is 1.60. The Hall–Kier alpha value is -2.32. The van der Waals surface area contributed by atoms with Gasteiger partial charge in [0, 0.05) is 30.7 Å². The molecule has 2 aliphatic heterocycles. The van der Waals surface area contributed by atoms with Gasteiger partial charge in [0.25, 0.3) is 5.91 Å². The minimum absolute atomic E-state index is 0.0526. The molecule has 26 heavy (non-hydrogen) atoms. The lowest BCUT2D eigenvalue weighted by molar-refractivity contribution is -0.0170. The van der Waals surface area contributed by atoms with Crippen LogP contribution in [0.3, 0.4) is 0 Å². The zero-order chi connectivity index (χ0) is 18.1. The van der Waals surface area contributed by atoms with E-state index in [0.29, 0.717) is 11.4 Å². The second-order valence-electron chi connectivity index (χ2n) is 7.46. The van der Waals surface area contributed by atoms with Crippen molar-refractivity contribution in [2.45, 2.75) is 18.4 Å². The molecule has 2 saturated heterocycles. The summed E-state index contributed by atoms with van der Waals surface area (Å²) < 4.78 is 0. The first-order valence-corrected chi connectivity index (χ1v) is 9.11. The molecular weight excluding hydrogens is 330 g/mol. The number of hydrogen-bond donors (Lipinski definition) is 1. The summed E-state index contributed by atoms with van der Waals surface area (Å²) in [7, 11) is 4.36. The number of amides is 1. The maximum atomic E-state index is 13.3. The fourth-order valence-electron chi connectivity index (χ4n) is 4.12. The quantitative estimate of drug-likeness (QED) is 0.855. The number of hydrogen-bond acceptors (Lipinski definition) is 6. The van der Waals surface area contributed by atoms with Gasteiger partial charge >= 0.3 is 0 Å². The Labute approximate surface area is 153 Å². The van der Waals surface area contributed by atoms with Crippen molar-refractivity contribution in [1.29, 1.82) is 0 Å². The van der Waals surface area contributed by atoms with E-state index in [1.54, 1.807) is 0 Å². The largest absolute Gasteiger partial charge is 0.335 e. The number of carbonyl (C=O) groups excluding carboxylic acids is 1. The molecule has 0 radical (unpaired) electrons. The van der Waals surface area contributed by atoms with Crippen LogP contribution in [0.5, 0.6) is 0 Å². The number of likely N-dealkylation sites (N-methyl/N-ethyl adjacent to an activating group) is 1. The van der Waals surface area contributed by atoms with Crippen LogP contribution < -0.4 is 0 Å². The molecule has 2 fully saturated rings. The number of likely N-dealkylation sites (tertiary alicyclic amines) is 1. The van der Waals surface area contributed by atoms with E-state index in [4.69, 9.17) is 0 Å². The standard InChI is InChI=1S/C18H25N7O/c1-23-9-7-18(8-10-23)13-25(12-11-24(18)2)17(26)15-6-4-3-5-14(15)16-19-21-22-20-16/h3-6H,7-13H2,1-2H3,(H,19,20,21,22). The van der Waals surface area contributed by atoms with E-state index in [9.17, 15) is 4.79 Å². The average molecular weight is 355 g/mol. The van der Waals surface area contributed by atoms with Crippen molar-refractivity contribution in [3.8, 4) is 11.4 Å². The highest BCUT2D eigenvalue weighted by atomic mass is 16.2. The summed E-state index contributed by atoms with van der Waals surface area (Å²) in [5.74, 6) is 0.508. The molecule has 0 aliphatic carbocycles. The highest BCUT2D eigenvalue weighted by molar-refractivity contribution is 6.00. The number of tetrazole rings is 1. The van der Waals surface area contributed by atoms with Crippen molar-refractivity contribution < 1.29 is 4.79 Å². The molecule has 0 unspecified atom stereocenters. The van der Waals surface area contributed by atoms with Crippen molar-refractivity contribution in [2.24, 2.45) is 0 Å². The summed E-state index contributed by atoms with van der Waals surface area (Å²) in [5, 5.41) is 14.2. The van der Waals surface area contributed by atoms with Crippen LogP contribution in [0.25, 0.3) is 11.4 Å². The van der Waals surface area contributed by atoms with Gasteiger partial charge in [-0.05, 0) is 51.3 Å². The van der Waals surface area contributed by atoms with Gasteiger partial charge in [-0.2, -0.15) is 5.21 Å². The predicted octanol–water partition coefficient (Wildman–Crippen LogP) is 0.719. The Morgan fingerprint density at radius 3 is 2.62 bits per heavy atom. The third kappa shape index (κ3) is 2.99. The third-order valence-corrected chi connectivity index (χ3v) is 5.95. The summed E-state index contributed by atoms with van der Waals surface area (Å²) in [4.78, 5) is 20.1. The van der Waals surface area contributed by atoms with Crippen molar-refractivity contribution in [3.05, 3.63) is 29.8 Å². The first-order chi connectivity index (χ1) is 12.6. The van der Waals surface area contributed by atoms with Crippen molar-refractivity contribution in [1.82, 2.24) is 35.3 Å². The number of rotatable bonds is 2. The second kappa shape index (κ2) is 6.77. The minimum atomic E-state index is 0.0526. The van der Waals surface area contributed by atoms with Crippen LogP contribution in [0, 0.1) is 0 Å². The number of benzene rings is 1. The topological polar surface area (TPSA) is 81.2 Å². The van der Waals surface area contributed by atoms with Crippen LogP contribution in [0.15, 0.2) is 24.3 Å². The van der Waals surface area contributed by atoms with E-state index < -0.39 is 0 Å². The molecule has 1 aromatic carbocycles. The predicted molar refractivity (Wildman–Crippen MR) is 97.6 cm³/mol. The maximum absolute atomic E-state index is 13.3. The normalized spacial score (nSPS) is 21.2. The van der Waals surface area contributed by atoms with Gasteiger partial charge in [0.15, 0.2) is 0 Å². The van der Waals surface area contributed by atoms with Crippen molar-refractivity contribution in [3.63, 3.8) is 0 Å². The van der Waals surface area contributed by atoms with E-state index in [2.05, 4.69) is 44.5 Å². The molecule has 138 valence electrons. The molecule has 0 saturated carbocycles. The van der Waals surface area contributed by atoms with Crippen LogP contribution in [0.1, 0.15) is 23.2 Å². The van der Waals surface area contributed by atoms with Crippen LogP contribution in [0.4, 0.5) is 0 Å². The summed E-state index contributed by atoms with van der Waals surface area (Å²) in [6.45, 7) is 4.57. The van der Waals surface area contributed by atoms with E-state index in [1.807, 2.05) is 29.2 Å². The Bertz CT molecular complexity index is 768. The number of carbonyl (C=O) groups is 1. The second-order valence-corrected chi connectivity index (χ2v) is 7.46. The lowest BCUT2D eigenvalue weighted by Crippen LogP contribution is -2.65. The van der Waals surface area contributed by atoms with Gasteiger partial charge in [0.05, 0.1) is 5.56 Å². The third-order valence-electron chi connectivity index (χ3n) is 5.95. The van der Waals surface area contributed by atoms with Gasteiger partial charge in [0.2, 0.25) is 5.82 Å². The zero-order valence-corrected chi connectivity index (χ0v) is 15.4. The molecule has 1 spiro atoms. The molecule has 8 heteroatoms. The Morgan fingerprint density at radius 1 is 1.12 bits per heavy atom. The van der Waals surface area contributed by atoms with Gasteiger partial charge in [-0.15, -0.1) is 10.2 Å².